The highest BCUT2D eigenvalue weighted by molar-refractivity contribution is 9.09. The molecule has 0 saturated heterocycles. The molecule has 1 fully saturated rings. The third-order valence-electron chi connectivity index (χ3n) is 4.29. The molecule has 15 heavy (non-hydrogen) atoms. The van der Waals surface area contributed by atoms with Gasteiger partial charge in [0.25, 0.3) is 0 Å². The first-order valence-electron chi connectivity index (χ1n) is 5.18. The minimum Gasteiger partial charge on any atom is -0.127 e. The van der Waals surface area contributed by atoms with Crippen molar-refractivity contribution in [2.45, 2.75) is 32.5 Å². The van der Waals surface area contributed by atoms with Crippen molar-refractivity contribution in [3.8, 4) is 0 Å². The lowest BCUT2D eigenvalue weighted by atomic mass is 10.0. The molecule has 2 rings (SSSR count). The highest BCUT2D eigenvalue weighted by atomic mass is 79.9. The summed E-state index contributed by atoms with van der Waals surface area (Å²) in [6.07, 6.45) is 0. The summed E-state index contributed by atoms with van der Waals surface area (Å²) in [5.41, 5.74) is 0.829. The maximum atomic E-state index is 5.97. The van der Waals surface area contributed by atoms with Crippen LogP contribution in [0.2, 0.25) is 4.34 Å². The topological polar surface area (TPSA) is 0 Å². The molecule has 1 saturated carbocycles. The van der Waals surface area contributed by atoms with E-state index in [1.54, 1.807) is 11.3 Å². The van der Waals surface area contributed by atoms with Crippen LogP contribution in [0.5, 0.6) is 0 Å². The minimum absolute atomic E-state index is 0.414. The Hall–Kier alpha value is 0.470. The molecule has 0 spiro atoms. The second-order valence-electron chi connectivity index (χ2n) is 5.46. The van der Waals surface area contributed by atoms with Crippen molar-refractivity contribution in [2.24, 2.45) is 16.7 Å². The predicted octanol–water partition coefficient (Wildman–Crippen LogP) is 5.52. The normalized spacial score (nSPS) is 25.2. The van der Waals surface area contributed by atoms with E-state index in [-0.39, 0.29) is 0 Å². The van der Waals surface area contributed by atoms with Gasteiger partial charge in [-0.1, -0.05) is 55.2 Å². The van der Waals surface area contributed by atoms with E-state index in [1.807, 2.05) is 6.07 Å². The molecule has 0 N–H and O–H groups in total. The van der Waals surface area contributed by atoms with Gasteiger partial charge in [-0.05, 0) is 28.9 Å². The first-order valence-corrected chi connectivity index (χ1v) is 7.29. The number of hydrogen-bond donors (Lipinski definition) is 0. The van der Waals surface area contributed by atoms with Gasteiger partial charge in [0.15, 0.2) is 0 Å². The molecule has 1 heterocycles. The Morgan fingerprint density at radius 3 is 2.13 bits per heavy atom. The number of hydrogen-bond acceptors (Lipinski definition) is 1. The Morgan fingerprint density at radius 1 is 1.27 bits per heavy atom. The highest BCUT2D eigenvalue weighted by Crippen LogP contribution is 2.74. The summed E-state index contributed by atoms with van der Waals surface area (Å²) in [5.74, 6) is 0.694. The predicted molar refractivity (Wildman–Crippen MR) is 72.0 cm³/mol. The van der Waals surface area contributed by atoms with Gasteiger partial charge in [-0.2, -0.15) is 0 Å². The average molecular weight is 308 g/mol. The fraction of sp³-hybridized carbons (Fsp3) is 0.667. The Morgan fingerprint density at radius 2 is 1.80 bits per heavy atom. The second-order valence-corrected chi connectivity index (χ2v) is 8.20. The Balaban J connectivity index is 2.21. The summed E-state index contributed by atoms with van der Waals surface area (Å²) in [4.78, 5) is 1.80. The summed E-state index contributed by atoms with van der Waals surface area (Å²) < 4.78 is 0.880. The lowest BCUT2D eigenvalue weighted by molar-refractivity contribution is 0.457. The van der Waals surface area contributed by atoms with Crippen molar-refractivity contribution in [3.05, 3.63) is 21.3 Å². The van der Waals surface area contributed by atoms with Crippen LogP contribution in [0.4, 0.5) is 0 Å². The van der Waals surface area contributed by atoms with E-state index in [1.165, 1.54) is 4.88 Å². The molecule has 1 atom stereocenters. The molecule has 0 radical (unpaired) electrons. The van der Waals surface area contributed by atoms with E-state index < -0.39 is 0 Å². The molecule has 1 aromatic rings. The molecule has 84 valence electrons. The number of halogens is 2. The monoisotopic (exact) mass is 306 g/mol. The standard InChI is InChI=1S/C12H16BrClS/c1-11(2)10(12(11,3)4)9(13)7-5-6-8(14)15-7/h5-6,9-10H,1-4H3. The lowest BCUT2D eigenvalue weighted by Gasteiger charge is -2.09. The number of rotatable bonds is 2. The van der Waals surface area contributed by atoms with Gasteiger partial charge in [0.2, 0.25) is 0 Å². The summed E-state index contributed by atoms with van der Waals surface area (Å²) in [5, 5.41) is 0. The van der Waals surface area contributed by atoms with E-state index in [2.05, 4.69) is 49.7 Å². The first-order chi connectivity index (χ1) is 6.78. The largest absolute Gasteiger partial charge is 0.127 e. The third-order valence-corrected chi connectivity index (χ3v) is 6.93. The third kappa shape index (κ3) is 1.69. The summed E-state index contributed by atoms with van der Waals surface area (Å²) >= 11 is 11.5. The van der Waals surface area contributed by atoms with E-state index >= 15 is 0 Å². The molecular formula is C12H16BrClS. The van der Waals surface area contributed by atoms with Crippen molar-refractivity contribution >= 4 is 38.9 Å². The van der Waals surface area contributed by atoms with Crippen LogP contribution in [0.15, 0.2) is 12.1 Å². The van der Waals surface area contributed by atoms with Crippen molar-refractivity contribution in [3.63, 3.8) is 0 Å². The zero-order chi connectivity index (χ0) is 11.4. The van der Waals surface area contributed by atoms with E-state index in [4.69, 9.17) is 11.6 Å². The lowest BCUT2D eigenvalue weighted by Crippen LogP contribution is -1.96. The Bertz CT molecular complexity index is 367. The molecule has 0 nitrogen and oxygen atoms in total. The molecule has 0 aliphatic heterocycles. The van der Waals surface area contributed by atoms with Crippen LogP contribution in [0.3, 0.4) is 0 Å². The fourth-order valence-electron chi connectivity index (χ4n) is 2.62. The van der Waals surface area contributed by atoms with E-state index in [9.17, 15) is 0 Å². The van der Waals surface area contributed by atoms with Gasteiger partial charge in [-0.15, -0.1) is 11.3 Å². The van der Waals surface area contributed by atoms with Crippen molar-refractivity contribution in [2.75, 3.05) is 0 Å². The Labute approximate surface area is 109 Å². The number of alkyl halides is 1. The molecule has 0 amide bonds. The molecule has 1 aliphatic rings. The van der Waals surface area contributed by atoms with E-state index in [0.29, 0.717) is 21.6 Å². The van der Waals surface area contributed by atoms with E-state index in [0.717, 1.165) is 4.34 Å². The first kappa shape index (κ1) is 11.9. The van der Waals surface area contributed by atoms with Crippen LogP contribution >= 0.6 is 38.9 Å². The van der Waals surface area contributed by atoms with Crippen molar-refractivity contribution in [1.82, 2.24) is 0 Å². The molecule has 1 aliphatic carbocycles. The quantitative estimate of drug-likeness (QED) is 0.631. The van der Waals surface area contributed by atoms with Crippen LogP contribution in [-0.4, -0.2) is 0 Å². The fourth-order valence-corrected chi connectivity index (χ4v) is 5.45. The maximum absolute atomic E-state index is 5.97. The molecule has 0 aromatic carbocycles. The van der Waals surface area contributed by atoms with Gasteiger partial charge in [-0.25, -0.2) is 0 Å². The van der Waals surface area contributed by atoms with Crippen LogP contribution < -0.4 is 0 Å². The van der Waals surface area contributed by atoms with Crippen LogP contribution in [0, 0.1) is 16.7 Å². The zero-order valence-corrected chi connectivity index (χ0v) is 12.6. The van der Waals surface area contributed by atoms with Gasteiger partial charge in [-0.3, -0.25) is 0 Å². The van der Waals surface area contributed by atoms with Crippen molar-refractivity contribution in [1.29, 1.82) is 0 Å². The van der Waals surface area contributed by atoms with Crippen molar-refractivity contribution < 1.29 is 0 Å². The molecule has 1 aromatic heterocycles. The van der Waals surface area contributed by atoms with Crippen LogP contribution in [0.25, 0.3) is 0 Å². The summed E-state index contributed by atoms with van der Waals surface area (Å²) in [6.45, 7) is 9.39. The smallest absolute Gasteiger partial charge is 0.0931 e. The minimum atomic E-state index is 0.414. The van der Waals surface area contributed by atoms with Gasteiger partial charge < -0.3 is 0 Å². The van der Waals surface area contributed by atoms with Crippen LogP contribution in [0.1, 0.15) is 37.4 Å². The van der Waals surface area contributed by atoms with Gasteiger partial charge in [0.05, 0.1) is 9.16 Å². The zero-order valence-electron chi connectivity index (χ0n) is 9.47. The molecule has 0 bridgehead atoms. The highest BCUT2D eigenvalue weighted by Gasteiger charge is 2.67. The molecular weight excluding hydrogens is 292 g/mol. The van der Waals surface area contributed by atoms with Gasteiger partial charge in [0.1, 0.15) is 0 Å². The summed E-state index contributed by atoms with van der Waals surface area (Å²) in [6, 6.07) is 4.12. The second kappa shape index (κ2) is 3.48. The average Bonchev–Trinajstić information content (AvgIpc) is 2.49. The van der Waals surface area contributed by atoms with Gasteiger partial charge in [0, 0.05) is 4.88 Å². The SMILES string of the molecule is CC1(C)C(C(Br)c2ccc(Cl)s2)C1(C)C. The summed E-state index contributed by atoms with van der Waals surface area (Å²) in [7, 11) is 0. The number of thiophene rings is 1. The molecule has 1 unspecified atom stereocenters. The maximum Gasteiger partial charge on any atom is 0.0931 e. The van der Waals surface area contributed by atoms with Gasteiger partial charge >= 0.3 is 0 Å². The molecule has 3 heteroatoms. The Kier molecular flexibility index (Phi) is 2.77. The van der Waals surface area contributed by atoms with Crippen LogP contribution in [-0.2, 0) is 0 Å².